The molecule has 1 aromatic carbocycles. The van der Waals surface area contributed by atoms with E-state index in [1.165, 1.54) is 29.6 Å². The van der Waals surface area contributed by atoms with E-state index < -0.39 is 15.8 Å². The molecule has 0 aliphatic heterocycles. The van der Waals surface area contributed by atoms with Crippen LogP contribution in [0.4, 0.5) is 4.39 Å². The van der Waals surface area contributed by atoms with E-state index in [4.69, 9.17) is 11.6 Å². The van der Waals surface area contributed by atoms with Crippen LogP contribution in [-0.4, -0.2) is 26.3 Å². The number of rotatable bonds is 7. The fourth-order valence-corrected chi connectivity index (χ4v) is 3.13. The summed E-state index contributed by atoms with van der Waals surface area (Å²) >= 11 is 5.59. The highest BCUT2D eigenvalue weighted by molar-refractivity contribution is 7.89. The predicted molar refractivity (Wildman–Crippen MR) is 75.3 cm³/mol. The van der Waals surface area contributed by atoms with Gasteiger partial charge in [0.2, 0.25) is 10.0 Å². The molecule has 3 nitrogen and oxygen atoms in total. The Morgan fingerprint density at radius 3 is 2.53 bits per heavy atom. The molecule has 1 aromatic rings. The van der Waals surface area contributed by atoms with Gasteiger partial charge in [-0.15, -0.1) is 11.6 Å². The van der Waals surface area contributed by atoms with Crippen LogP contribution >= 0.6 is 11.6 Å². The van der Waals surface area contributed by atoms with Crippen LogP contribution in [0.5, 0.6) is 0 Å². The molecule has 0 bridgehead atoms. The van der Waals surface area contributed by atoms with Gasteiger partial charge in [-0.05, 0) is 24.1 Å². The molecule has 0 N–H and O–H groups in total. The van der Waals surface area contributed by atoms with Crippen molar-refractivity contribution < 1.29 is 12.8 Å². The molecule has 108 valence electrons. The Balaban J connectivity index is 2.93. The van der Waals surface area contributed by atoms with E-state index in [1.807, 2.05) is 6.92 Å². The lowest BCUT2D eigenvalue weighted by Crippen LogP contribution is -2.28. The van der Waals surface area contributed by atoms with Gasteiger partial charge in [0.1, 0.15) is 10.7 Å². The van der Waals surface area contributed by atoms with Crippen molar-refractivity contribution in [3.05, 3.63) is 29.6 Å². The van der Waals surface area contributed by atoms with Crippen molar-refractivity contribution in [3.63, 3.8) is 0 Å². The van der Waals surface area contributed by atoms with Crippen LogP contribution in [0.1, 0.15) is 31.7 Å². The molecule has 0 saturated carbocycles. The average Bonchev–Trinajstić information content (AvgIpc) is 2.38. The second-order valence-corrected chi connectivity index (χ2v) is 6.71. The first-order chi connectivity index (χ1) is 8.93. The molecule has 1 rings (SSSR count). The Hall–Kier alpha value is -0.650. The predicted octanol–water partition coefficient (Wildman–Crippen LogP) is 3.38. The molecule has 0 unspecified atom stereocenters. The second kappa shape index (κ2) is 7.22. The summed E-state index contributed by atoms with van der Waals surface area (Å²) in [6, 6.07) is 3.97. The summed E-state index contributed by atoms with van der Waals surface area (Å²) in [4.78, 5) is -0.291. The van der Waals surface area contributed by atoms with Crippen molar-refractivity contribution in [2.45, 2.75) is 37.0 Å². The highest BCUT2D eigenvalue weighted by Gasteiger charge is 2.24. The second-order valence-electron chi connectivity index (χ2n) is 4.43. The maximum Gasteiger partial charge on any atom is 0.245 e. The molecular weight excluding hydrogens is 289 g/mol. The standard InChI is InChI=1S/C13H19ClFNO2S/c1-3-4-5-8-16(2)19(17,18)13-7-6-11(10-14)9-12(13)15/h6-7,9H,3-5,8,10H2,1-2H3. The molecule has 0 fully saturated rings. The molecule has 0 aromatic heterocycles. The summed E-state index contributed by atoms with van der Waals surface area (Å²) in [6.07, 6.45) is 2.73. The quantitative estimate of drug-likeness (QED) is 0.572. The van der Waals surface area contributed by atoms with E-state index in [9.17, 15) is 12.8 Å². The van der Waals surface area contributed by atoms with Crippen LogP contribution < -0.4 is 0 Å². The lowest BCUT2D eigenvalue weighted by molar-refractivity contribution is 0.449. The van der Waals surface area contributed by atoms with E-state index >= 15 is 0 Å². The highest BCUT2D eigenvalue weighted by atomic mass is 35.5. The van der Waals surface area contributed by atoms with Gasteiger partial charge in [-0.25, -0.2) is 17.1 Å². The minimum Gasteiger partial charge on any atom is -0.207 e. The first-order valence-corrected chi connectivity index (χ1v) is 8.21. The largest absolute Gasteiger partial charge is 0.245 e. The topological polar surface area (TPSA) is 37.4 Å². The Morgan fingerprint density at radius 1 is 1.32 bits per heavy atom. The van der Waals surface area contributed by atoms with Gasteiger partial charge in [-0.3, -0.25) is 0 Å². The molecule has 0 radical (unpaired) electrons. The van der Waals surface area contributed by atoms with Crippen LogP contribution in [-0.2, 0) is 15.9 Å². The van der Waals surface area contributed by atoms with E-state index in [2.05, 4.69) is 0 Å². The number of nitrogens with zero attached hydrogens (tertiary/aromatic N) is 1. The number of halogens is 2. The molecule has 0 aliphatic rings. The van der Waals surface area contributed by atoms with E-state index in [0.29, 0.717) is 12.1 Å². The van der Waals surface area contributed by atoms with Crippen molar-refractivity contribution >= 4 is 21.6 Å². The summed E-state index contributed by atoms with van der Waals surface area (Å²) in [6.45, 7) is 2.44. The van der Waals surface area contributed by atoms with Gasteiger partial charge in [0.25, 0.3) is 0 Å². The van der Waals surface area contributed by atoms with Crippen LogP contribution in [0.2, 0.25) is 0 Å². The van der Waals surface area contributed by atoms with E-state index in [0.717, 1.165) is 19.3 Å². The fourth-order valence-electron chi connectivity index (χ4n) is 1.71. The zero-order valence-electron chi connectivity index (χ0n) is 11.2. The van der Waals surface area contributed by atoms with Gasteiger partial charge < -0.3 is 0 Å². The lowest BCUT2D eigenvalue weighted by atomic mass is 10.2. The Bertz CT molecular complexity index is 519. The lowest BCUT2D eigenvalue weighted by Gasteiger charge is -2.17. The monoisotopic (exact) mass is 307 g/mol. The third kappa shape index (κ3) is 4.16. The van der Waals surface area contributed by atoms with Gasteiger partial charge >= 0.3 is 0 Å². The van der Waals surface area contributed by atoms with Gasteiger partial charge in [0.15, 0.2) is 0 Å². The number of hydrogen-bond donors (Lipinski definition) is 0. The van der Waals surface area contributed by atoms with Crippen molar-refractivity contribution in [3.8, 4) is 0 Å². The number of benzene rings is 1. The van der Waals surface area contributed by atoms with E-state index in [-0.39, 0.29) is 10.8 Å². The Morgan fingerprint density at radius 2 is 2.00 bits per heavy atom. The summed E-state index contributed by atoms with van der Waals surface area (Å²) in [5.74, 6) is -0.593. The number of alkyl halides is 1. The van der Waals surface area contributed by atoms with Crippen molar-refractivity contribution in [1.82, 2.24) is 4.31 Å². The molecule has 0 amide bonds. The summed E-state index contributed by atoms with van der Waals surface area (Å²) in [5, 5.41) is 0. The molecule has 0 heterocycles. The summed E-state index contributed by atoms with van der Waals surface area (Å²) in [7, 11) is -2.29. The zero-order valence-corrected chi connectivity index (χ0v) is 12.8. The third-order valence-electron chi connectivity index (χ3n) is 2.92. The van der Waals surface area contributed by atoms with Crippen LogP contribution in [0.25, 0.3) is 0 Å². The summed E-state index contributed by atoms with van der Waals surface area (Å²) < 4.78 is 39.4. The Labute approximate surface area is 119 Å². The van der Waals surface area contributed by atoms with Gasteiger partial charge in [0.05, 0.1) is 0 Å². The number of sulfonamides is 1. The third-order valence-corrected chi connectivity index (χ3v) is 5.11. The van der Waals surface area contributed by atoms with Crippen molar-refractivity contribution in [1.29, 1.82) is 0 Å². The average molecular weight is 308 g/mol. The first kappa shape index (κ1) is 16.4. The maximum absolute atomic E-state index is 13.8. The van der Waals surface area contributed by atoms with Crippen LogP contribution in [0.15, 0.2) is 23.1 Å². The molecule has 0 aliphatic carbocycles. The SMILES string of the molecule is CCCCCN(C)S(=O)(=O)c1ccc(CCl)cc1F. The summed E-state index contributed by atoms with van der Waals surface area (Å²) in [5.41, 5.74) is 0.562. The molecule has 6 heteroatoms. The number of hydrogen-bond acceptors (Lipinski definition) is 2. The van der Waals surface area contributed by atoms with Crippen molar-refractivity contribution in [2.75, 3.05) is 13.6 Å². The molecule has 0 atom stereocenters. The highest BCUT2D eigenvalue weighted by Crippen LogP contribution is 2.20. The van der Waals surface area contributed by atoms with Gasteiger partial charge in [0, 0.05) is 19.5 Å². The smallest absolute Gasteiger partial charge is 0.207 e. The molecule has 19 heavy (non-hydrogen) atoms. The molecule has 0 spiro atoms. The van der Waals surface area contributed by atoms with E-state index in [1.54, 1.807) is 0 Å². The normalized spacial score (nSPS) is 12.1. The fraction of sp³-hybridized carbons (Fsp3) is 0.538. The minimum absolute atomic E-state index is 0.156. The van der Waals surface area contributed by atoms with Crippen molar-refractivity contribution in [2.24, 2.45) is 0 Å². The zero-order chi connectivity index (χ0) is 14.5. The number of unbranched alkanes of at least 4 members (excludes halogenated alkanes) is 2. The first-order valence-electron chi connectivity index (χ1n) is 6.24. The van der Waals surface area contributed by atoms with Crippen LogP contribution in [0.3, 0.4) is 0 Å². The van der Waals surface area contributed by atoms with Gasteiger partial charge in [-0.1, -0.05) is 25.8 Å². The minimum atomic E-state index is -3.76. The van der Waals surface area contributed by atoms with Crippen LogP contribution in [0, 0.1) is 5.82 Å². The molecule has 0 saturated heterocycles. The maximum atomic E-state index is 13.8. The Kier molecular flexibility index (Phi) is 6.23. The van der Waals surface area contributed by atoms with Gasteiger partial charge in [-0.2, -0.15) is 0 Å². The molecular formula is C13H19ClFNO2S.